The molecule has 1 aliphatic heterocycles. The smallest absolute Gasteiger partial charge is 0.323 e. The summed E-state index contributed by atoms with van der Waals surface area (Å²) in [4.78, 5) is 35.1. The molecule has 5 N–H and O–H groups in total. The monoisotopic (exact) mass is 620 g/mol. The van der Waals surface area contributed by atoms with Gasteiger partial charge in [0.15, 0.2) is 21.7 Å². The van der Waals surface area contributed by atoms with Crippen molar-refractivity contribution < 1.29 is 28.4 Å². The van der Waals surface area contributed by atoms with E-state index in [1.807, 2.05) is 0 Å². The molecule has 0 radical (unpaired) electrons. The number of aromatic nitrogens is 4. The van der Waals surface area contributed by atoms with Crippen LogP contribution in [0.15, 0.2) is 41.5 Å². The summed E-state index contributed by atoms with van der Waals surface area (Å²) in [6.07, 6.45) is -2.91. The molecule has 0 saturated carbocycles. The lowest BCUT2D eigenvalue weighted by molar-refractivity contribution is -0.149. The highest BCUT2D eigenvalue weighted by Crippen LogP contribution is 2.50. The van der Waals surface area contributed by atoms with Gasteiger partial charge in [0, 0.05) is 0 Å². The first-order valence-corrected chi connectivity index (χ1v) is 15.1. The van der Waals surface area contributed by atoms with E-state index in [2.05, 4.69) is 20.0 Å². The first-order valence-electron chi connectivity index (χ1n) is 11.7. The van der Waals surface area contributed by atoms with E-state index >= 15 is 0 Å². The maximum absolute atomic E-state index is 12.4. The molecular weight excluding hydrogens is 594 g/mol. The number of hydrogen-bond acceptors (Lipinski definition) is 11. The number of nitrogens with two attached hydrogens (primary N) is 1. The van der Waals surface area contributed by atoms with Gasteiger partial charge < -0.3 is 29.4 Å². The van der Waals surface area contributed by atoms with E-state index in [1.165, 1.54) is 10.9 Å². The van der Waals surface area contributed by atoms with Crippen LogP contribution in [0.2, 0.25) is 0 Å². The number of carbonyl (C=O) groups is 1. The highest BCUT2D eigenvalue weighted by molar-refractivity contribution is 8.09. The molecule has 1 saturated heterocycles. The van der Waals surface area contributed by atoms with E-state index in [-0.39, 0.29) is 29.8 Å². The molecule has 0 aliphatic carbocycles. The normalized spacial score (nSPS) is 23.0. The lowest BCUT2D eigenvalue weighted by Crippen LogP contribution is -2.39. The molecule has 2 aromatic heterocycles. The first kappa shape index (κ1) is 29.7. The Hall–Kier alpha value is -2.29. The number of nitrogen functional groups attached to an aromatic ring is 1. The number of carbonyl (C=O) groups excluding carboxylic acids is 1. The number of aromatic amines is 1. The molecule has 39 heavy (non-hydrogen) atoms. The number of hydrogen-bond donors (Lipinski definition) is 4. The highest BCUT2D eigenvalue weighted by atomic mass is 35.5. The third-order valence-corrected chi connectivity index (χ3v) is 8.84. The molecule has 0 amide bonds. The predicted molar refractivity (Wildman–Crippen MR) is 148 cm³/mol. The minimum atomic E-state index is -3.44. The number of benzene rings is 1. The minimum Gasteiger partial charge on any atom is -0.462 e. The van der Waals surface area contributed by atoms with Gasteiger partial charge in [0.2, 0.25) is 5.95 Å². The fourth-order valence-electron chi connectivity index (χ4n) is 3.73. The molecule has 1 aromatic carbocycles. The minimum absolute atomic E-state index is 0.0237. The summed E-state index contributed by atoms with van der Waals surface area (Å²) in [5, 5.41) is 13.9. The number of aliphatic hydroxyl groups excluding tert-OH is 1. The van der Waals surface area contributed by atoms with Gasteiger partial charge in [0.05, 0.1) is 19.0 Å². The van der Waals surface area contributed by atoms with Crippen LogP contribution in [0.1, 0.15) is 27.0 Å². The molecule has 2 unspecified atom stereocenters. The van der Waals surface area contributed by atoms with Crippen LogP contribution in [0.3, 0.4) is 0 Å². The highest BCUT2D eigenvalue weighted by Gasteiger charge is 2.56. The number of ether oxygens (including phenoxy) is 2. The number of anilines is 1. The van der Waals surface area contributed by atoms with E-state index in [1.54, 1.807) is 51.1 Å². The van der Waals surface area contributed by atoms with Crippen LogP contribution in [-0.4, -0.2) is 65.9 Å². The maximum atomic E-state index is 12.4. The van der Waals surface area contributed by atoms with Gasteiger partial charge in [-0.05, 0) is 44.7 Å². The van der Waals surface area contributed by atoms with Crippen molar-refractivity contribution in [2.75, 3.05) is 12.3 Å². The second-order valence-electron chi connectivity index (χ2n) is 8.96. The molecular formula is C22H27Cl2N6O7PS. The lowest BCUT2D eigenvalue weighted by Gasteiger charge is -2.28. The summed E-state index contributed by atoms with van der Waals surface area (Å²) in [6, 6.07) is 7.76. The van der Waals surface area contributed by atoms with Crippen molar-refractivity contribution in [3.05, 3.63) is 47.0 Å². The summed E-state index contributed by atoms with van der Waals surface area (Å²) in [5.41, 5.74) is 5.13. The Morgan fingerprint density at radius 2 is 2.05 bits per heavy atom. The van der Waals surface area contributed by atoms with Gasteiger partial charge >= 0.3 is 12.6 Å². The number of halogens is 2. The standard InChI is InChI=1S/C22H27Cl2N6O7PS/c1-11(2)35-19(33)12(3)29-38(39,37-13-7-5-4-6-8-13)34-9-14-16(31)22(23,24)20(36-14)30-10-26-15-17(30)27-21(25)28-18(15)32/h4-8,10-12,14,16,20,31H,9H2,1-3H3,(H,29,39)(H3,25,27,28,32)/t12?,14-,16-,20-,38?/m1/s1. The topological polar surface area (TPSA) is 176 Å². The third-order valence-electron chi connectivity index (χ3n) is 5.52. The van der Waals surface area contributed by atoms with Crippen molar-refractivity contribution in [1.82, 2.24) is 24.6 Å². The maximum Gasteiger partial charge on any atom is 0.323 e. The summed E-state index contributed by atoms with van der Waals surface area (Å²) in [7, 11) is 0. The molecule has 3 aromatic rings. The van der Waals surface area contributed by atoms with Crippen molar-refractivity contribution in [2.24, 2.45) is 0 Å². The molecule has 13 nitrogen and oxygen atoms in total. The molecule has 0 spiro atoms. The Balaban J connectivity index is 1.56. The van der Waals surface area contributed by atoms with E-state index < -0.39 is 47.0 Å². The second kappa shape index (κ2) is 11.7. The number of esters is 1. The molecule has 3 heterocycles. The molecule has 1 fully saturated rings. The van der Waals surface area contributed by atoms with E-state index in [9.17, 15) is 14.7 Å². The number of rotatable bonds is 10. The van der Waals surface area contributed by atoms with Crippen LogP contribution in [-0.2, 0) is 30.6 Å². The van der Waals surface area contributed by atoms with Gasteiger partial charge in [-0.1, -0.05) is 41.4 Å². The lowest BCUT2D eigenvalue weighted by atomic mass is 10.2. The fourth-order valence-corrected chi connectivity index (χ4v) is 6.74. The number of aliphatic hydroxyl groups is 1. The summed E-state index contributed by atoms with van der Waals surface area (Å²) >= 11 is 18.7. The second-order valence-corrected chi connectivity index (χ2v) is 13.5. The average Bonchev–Trinajstić information content (AvgIpc) is 3.36. The quantitative estimate of drug-likeness (QED) is 0.148. The van der Waals surface area contributed by atoms with Gasteiger partial charge in [-0.2, -0.15) is 4.98 Å². The Morgan fingerprint density at radius 1 is 1.36 bits per heavy atom. The van der Waals surface area contributed by atoms with Crippen LogP contribution < -0.4 is 20.9 Å². The van der Waals surface area contributed by atoms with Crippen molar-refractivity contribution in [3.63, 3.8) is 0 Å². The van der Waals surface area contributed by atoms with E-state index in [4.69, 9.17) is 59.3 Å². The molecule has 17 heteroatoms. The first-order chi connectivity index (χ1) is 18.3. The van der Waals surface area contributed by atoms with Gasteiger partial charge in [0.1, 0.15) is 24.0 Å². The third kappa shape index (κ3) is 6.55. The Kier molecular flexibility index (Phi) is 8.89. The fraction of sp³-hybridized carbons (Fsp3) is 0.455. The number of para-hydroxylation sites is 1. The predicted octanol–water partition coefficient (Wildman–Crippen LogP) is 2.38. The average molecular weight is 621 g/mol. The van der Waals surface area contributed by atoms with Gasteiger partial charge in [0.25, 0.3) is 5.56 Å². The number of fused-ring (bicyclic) bond motifs is 1. The summed E-state index contributed by atoms with van der Waals surface area (Å²) < 4.78 is 22.5. The van der Waals surface area contributed by atoms with Gasteiger partial charge in [-0.3, -0.25) is 19.1 Å². The summed E-state index contributed by atoms with van der Waals surface area (Å²) in [6.45, 7) is 1.24. The van der Waals surface area contributed by atoms with E-state index in [0.717, 1.165) is 0 Å². The van der Waals surface area contributed by atoms with Crippen molar-refractivity contribution in [3.8, 4) is 5.75 Å². The Morgan fingerprint density at radius 3 is 2.72 bits per heavy atom. The number of nitrogens with zero attached hydrogens (tertiary/aromatic N) is 3. The Labute approximate surface area is 238 Å². The molecule has 4 rings (SSSR count). The molecule has 1 aliphatic rings. The zero-order valence-electron chi connectivity index (χ0n) is 21.0. The number of nitrogens with one attached hydrogen (secondary N) is 2. The zero-order valence-corrected chi connectivity index (χ0v) is 24.2. The number of imidazole rings is 1. The van der Waals surface area contributed by atoms with E-state index in [0.29, 0.717) is 5.75 Å². The van der Waals surface area contributed by atoms with Crippen molar-refractivity contribution >= 4 is 64.7 Å². The van der Waals surface area contributed by atoms with Crippen molar-refractivity contribution in [1.29, 1.82) is 0 Å². The van der Waals surface area contributed by atoms with Crippen LogP contribution >= 0.6 is 29.8 Å². The number of H-pyrrole nitrogens is 1. The molecule has 212 valence electrons. The Bertz CT molecular complexity index is 1440. The molecule has 5 atom stereocenters. The van der Waals surface area contributed by atoms with Crippen LogP contribution in [0.25, 0.3) is 11.2 Å². The SMILES string of the molecule is CC(C)OC(=O)C(C)NP(=S)(OC[C@H]1O[C@@H](n2cnc3c(=O)[nH]c(N)nc32)C(Cl)(Cl)[C@@H]1O)Oc1ccccc1. The molecule has 0 bridgehead atoms. The van der Waals surface area contributed by atoms with Crippen molar-refractivity contribution in [2.45, 2.75) is 55.7 Å². The van der Waals surface area contributed by atoms with Crippen LogP contribution in [0.4, 0.5) is 5.95 Å². The van der Waals surface area contributed by atoms with Crippen LogP contribution in [0, 0.1) is 0 Å². The zero-order chi connectivity index (χ0) is 28.5. The summed E-state index contributed by atoms with van der Waals surface area (Å²) in [5.74, 6) is -0.310. The van der Waals surface area contributed by atoms with Crippen LogP contribution in [0.5, 0.6) is 5.75 Å². The largest absolute Gasteiger partial charge is 0.462 e. The number of alkyl halides is 2. The van der Waals surface area contributed by atoms with Gasteiger partial charge in [-0.15, -0.1) is 0 Å². The van der Waals surface area contributed by atoms with Gasteiger partial charge in [-0.25, -0.2) is 10.1 Å².